The van der Waals surface area contributed by atoms with Crippen LogP contribution >= 0.6 is 11.3 Å². The number of rotatable bonds is 5. The molecule has 0 aliphatic carbocycles. The largest absolute Gasteiger partial charge is 0.354 e. The third-order valence-corrected chi connectivity index (χ3v) is 4.17. The number of nitrogens with zero attached hydrogens (tertiary/aromatic N) is 3. The molecule has 0 saturated carbocycles. The number of thiazole rings is 1. The zero-order valence-electron chi connectivity index (χ0n) is 13.5. The summed E-state index contributed by atoms with van der Waals surface area (Å²) in [6.07, 6.45) is 1.95. The third-order valence-electron chi connectivity index (χ3n) is 3.25. The Morgan fingerprint density at radius 1 is 1.24 bits per heavy atom. The van der Waals surface area contributed by atoms with Gasteiger partial charge in [0.2, 0.25) is 0 Å². The van der Waals surface area contributed by atoms with Gasteiger partial charge in [0, 0.05) is 30.2 Å². The SMILES string of the molecule is Cc1ncsc1CN(C)c1ccc(CNC(C)(C)C)cn1. The van der Waals surface area contributed by atoms with Gasteiger partial charge in [0.15, 0.2) is 0 Å². The molecule has 4 nitrogen and oxygen atoms in total. The van der Waals surface area contributed by atoms with Crippen molar-refractivity contribution in [3.63, 3.8) is 0 Å². The summed E-state index contributed by atoms with van der Waals surface area (Å²) in [5.74, 6) is 0.988. The van der Waals surface area contributed by atoms with Crippen molar-refractivity contribution in [2.75, 3.05) is 11.9 Å². The van der Waals surface area contributed by atoms with Gasteiger partial charge in [-0.25, -0.2) is 9.97 Å². The minimum Gasteiger partial charge on any atom is -0.354 e. The maximum atomic E-state index is 4.56. The number of hydrogen-bond donors (Lipinski definition) is 1. The van der Waals surface area contributed by atoms with Crippen LogP contribution in [-0.4, -0.2) is 22.6 Å². The zero-order valence-corrected chi connectivity index (χ0v) is 14.3. The molecule has 0 saturated heterocycles. The lowest BCUT2D eigenvalue weighted by Crippen LogP contribution is -2.35. The number of anilines is 1. The van der Waals surface area contributed by atoms with Gasteiger partial charge in [-0.05, 0) is 39.3 Å². The van der Waals surface area contributed by atoms with Crippen molar-refractivity contribution in [3.05, 3.63) is 40.0 Å². The highest BCUT2D eigenvalue weighted by atomic mass is 32.1. The Bertz CT molecular complexity index is 569. The molecule has 21 heavy (non-hydrogen) atoms. The monoisotopic (exact) mass is 304 g/mol. The molecule has 114 valence electrons. The fourth-order valence-corrected chi connectivity index (χ4v) is 2.72. The smallest absolute Gasteiger partial charge is 0.128 e. The van der Waals surface area contributed by atoms with Crippen molar-refractivity contribution in [2.45, 2.75) is 46.3 Å². The van der Waals surface area contributed by atoms with E-state index in [9.17, 15) is 0 Å². The molecule has 1 N–H and O–H groups in total. The molecule has 0 amide bonds. The quantitative estimate of drug-likeness (QED) is 0.919. The van der Waals surface area contributed by atoms with E-state index in [0.29, 0.717) is 0 Å². The van der Waals surface area contributed by atoms with E-state index in [0.717, 1.165) is 24.6 Å². The Morgan fingerprint density at radius 2 is 2.00 bits per heavy atom. The van der Waals surface area contributed by atoms with Crippen molar-refractivity contribution in [1.82, 2.24) is 15.3 Å². The first kappa shape index (κ1) is 15.9. The molecule has 5 heteroatoms. The lowest BCUT2D eigenvalue weighted by Gasteiger charge is -2.21. The molecule has 2 rings (SSSR count). The Kier molecular flexibility index (Phi) is 4.96. The van der Waals surface area contributed by atoms with Crippen LogP contribution in [0, 0.1) is 6.92 Å². The summed E-state index contributed by atoms with van der Waals surface area (Å²) in [5, 5.41) is 3.47. The van der Waals surface area contributed by atoms with Crippen LogP contribution in [0.3, 0.4) is 0 Å². The van der Waals surface area contributed by atoms with E-state index in [1.807, 2.05) is 18.6 Å². The molecule has 0 unspecified atom stereocenters. The molecule has 2 heterocycles. The van der Waals surface area contributed by atoms with Crippen molar-refractivity contribution in [1.29, 1.82) is 0 Å². The lowest BCUT2D eigenvalue weighted by molar-refractivity contribution is 0.424. The standard InChI is InChI=1S/C16H24N4S/c1-12-14(21-11-18-12)10-20(5)15-7-6-13(8-17-15)9-19-16(2,3)4/h6-8,11,19H,9-10H2,1-5H3. The average molecular weight is 304 g/mol. The Morgan fingerprint density at radius 3 is 2.52 bits per heavy atom. The van der Waals surface area contributed by atoms with Crippen molar-refractivity contribution >= 4 is 17.2 Å². The van der Waals surface area contributed by atoms with E-state index in [4.69, 9.17) is 0 Å². The summed E-state index contributed by atoms with van der Waals surface area (Å²) in [5.41, 5.74) is 4.33. The predicted octanol–water partition coefficient (Wildman–Crippen LogP) is 3.37. The fraction of sp³-hybridized carbons (Fsp3) is 0.500. The van der Waals surface area contributed by atoms with Crippen LogP contribution < -0.4 is 10.2 Å². The molecule has 0 aliphatic heterocycles. The number of nitrogens with one attached hydrogen (secondary N) is 1. The van der Waals surface area contributed by atoms with E-state index >= 15 is 0 Å². The molecule has 2 aromatic heterocycles. The van der Waals surface area contributed by atoms with Gasteiger partial charge in [-0.3, -0.25) is 0 Å². The number of pyridine rings is 1. The summed E-state index contributed by atoms with van der Waals surface area (Å²) in [6.45, 7) is 10.2. The Labute approximate surface area is 131 Å². The topological polar surface area (TPSA) is 41.1 Å². The first-order chi connectivity index (χ1) is 9.85. The van der Waals surface area contributed by atoms with E-state index in [1.165, 1.54) is 10.4 Å². The number of aromatic nitrogens is 2. The highest BCUT2D eigenvalue weighted by molar-refractivity contribution is 7.09. The third kappa shape index (κ3) is 4.79. The predicted molar refractivity (Wildman–Crippen MR) is 89.8 cm³/mol. The van der Waals surface area contributed by atoms with E-state index in [2.05, 4.69) is 60.1 Å². The van der Waals surface area contributed by atoms with Gasteiger partial charge in [0.1, 0.15) is 5.82 Å². The highest BCUT2D eigenvalue weighted by Crippen LogP contribution is 2.18. The van der Waals surface area contributed by atoms with Crippen molar-refractivity contribution in [3.8, 4) is 0 Å². The van der Waals surface area contributed by atoms with Crippen LogP contribution in [0.5, 0.6) is 0 Å². The van der Waals surface area contributed by atoms with Crippen LogP contribution in [0.2, 0.25) is 0 Å². The summed E-state index contributed by atoms with van der Waals surface area (Å²) in [4.78, 5) is 12.3. The van der Waals surface area contributed by atoms with Crippen LogP contribution in [0.1, 0.15) is 36.9 Å². The second-order valence-corrected chi connectivity index (χ2v) is 7.28. The maximum absolute atomic E-state index is 4.56. The summed E-state index contributed by atoms with van der Waals surface area (Å²) < 4.78 is 0. The molecule has 0 aromatic carbocycles. The summed E-state index contributed by atoms with van der Waals surface area (Å²) in [6, 6.07) is 4.22. The summed E-state index contributed by atoms with van der Waals surface area (Å²) in [7, 11) is 2.06. The fourth-order valence-electron chi connectivity index (χ4n) is 1.89. The molecule has 0 atom stereocenters. The molecule has 0 fully saturated rings. The maximum Gasteiger partial charge on any atom is 0.128 e. The second-order valence-electron chi connectivity index (χ2n) is 6.35. The number of aryl methyl sites for hydroxylation is 1. The Hall–Kier alpha value is -1.46. The van der Waals surface area contributed by atoms with Crippen LogP contribution in [0.15, 0.2) is 23.8 Å². The van der Waals surface area contributed by atoms with E-state index in [1.54, 1.807) is 11.3 Å². The van der Waals surface area contributed by atoms with Crippen LogP contribution in [0.4, 0.5) is 5.82 Å². The molecule has 2 aromatic rings. The minimum absolute atomic E-state index is 0.124. The molecule has 0 bridgehead atoms. The van der Waals surface area contributed by atoms with Gasteiger partial charge in [-0.2, -0.15) is 0 Å². The highest BCUT2D eigenvalue weighted by Gasteiger charge is 2.10. The van der Waals surface area contributed by atoms with Crippen molar-refractivity contribution < 1.29 is 0 Å². The Balaban J connectivity index is 1.96. The normalized spacial score (nSPS) is 11.7. The van der Waals surface area contributed by atoms with Crippen LogP contribution in [-0.2, 0) is 13.1 Å². The first-order valence-corrected chi connectivity index (χ1v) is 8.03. The molecular formula is C16H24N4S. The summed E-state index contributed by atoms with van der Waals surface area (Å²) >= 11 is 1.70. The average Bonchev–Trinajstić information content (AvgIpc) is 2.82. The van der Waals surface area contributed by atoms with Crippen LogP contribution in [0.25, 0.3) is 0 Å². The molecule has 0 radical (unpaired) electrons. The zero-order chi connectivity index (χ0) is 15.5. The van der Waals surface area contributed by atoms with Gasteiger partial charge >= 0.3 is 0 Å². The van der Waals surface area contributed by atoms with Crippen molar-refractivity contribution in [2.24, 2.45) is 0 Å². The van der Waals surface area contributed by atoms with Gasteiger partial charge < -0.3 is 10.2 Å². The van der Waals surface area contributed by atoms with E-state index < -0.39 is 0 Å². The van der Waals surface area contributed by atoms with Gasteiger partial charge in [-0.1, -0.05) is 6.07 Å². The number of hydrogen-bond acceptors (Lipinski definition) is 5. The molecular weight excluding hydrogens is 280 g/mol. The van der Waals surface area contributed by atoms with Gasteiger partial charge in [-0.15, -0.1) is 11.3 Å². The van der Waals surface area contributed by atoms with Gasteiger partial charge in [0.05, 0.1) is 17.7 Å². The van der Waals surface area contributed by atoms with E-state index in [-0.39, 0.29) is 5.54 Å². The molecule has 0 aliphatic rings. The lowest BCUT2D eigenvalue weighted by atomic mass is 10.1. The first-order valence-electron chi connectivity index (χ1n) is 7.15. The minimum atomic E-state index is 0.124. The second kappa shape index (κ2) is 6.54. The molecule has 0 spiro atoms. The van der Waals surface area contributed by atoms with Gasteiger partial charge in [0.25, 0.3) is 0 Å².